The summed E-state index contributed by atoms with van der Waals surface area (Å²) < 4.78 is 13.0. The average molecular weight is 240 g/mol. The molecule has 0 saturated heterocycles. The van der Waals surface area contributed by atoms with Gasteiger partial charge in [-0.1, -0.05) is 0 Å². The SMILES string of the molecule is CCN(CC(N)=O)c1ccc(F)cc1C(=O)O. The van der Waals surface area contributed by atoms with Gasteiger partial charge in [-0.2, -0.15) is 0 Å². The minimum absolute atomic E-state index is 0.109. The molecule has 0 aliphatic carbocycles. The molecule has 0 atom stereocenters. The molecule has 0 aromatic heterocycles. The van der Waals surface area contributed by atoms with Crippen molar-refractivity contribution in [2.75, 3.05) is 18.0 Å². The fourth-order valence-corrected chi connectivity index (χ4v) is 1.51. The number of benzene rings is 1. The molecule has 5 nitrogen and oxygen atoms in total. The van der Waals surface area contributed by atoms with Crippen LogP contribution in [0.4, 0.5) is 10.1 Å². The number of hydrogen-bond donors (Lipinski definition) is 2. The second kappa shape index (κ2) is 5.29. The molecular weight excluding hydrogens is 227 g/mol. The van der Waals surface area contributed by atoms with Crippen molar-refractivity contribution >= 4 is 17.6 Å². The summed E-state index contributed by atoms with van der Waals surface area (Å²) in [6, 6.07) is 3.39. The van der Waals surface area contributed by atoms with Gasteiger partial charge >= 0.3 is 5.97 Å². The molecule has 0 heterocycles. The molecule has 17 heavy (non-hydrogen) atoms. The predicted molar refractivity (Wildman–Crippen MR) is 60.4 cm³/mol. The number of carboxylic acids is 1. The fourth-order valence-electron chi connectivity index (χ4n) is 1.51. The van der Waals surface area contributed by atoms with Crippen LogP contribution < -0.4 is 10.6 Å². The lowest BCUT2D eigenvalue weighted by Crippen LogP contribution is -2.34. The number of halogens is 1. The summed E-state index contributed by atoms with van der Waals surface area (Å²) >= 11 is 0. The van der Waals surface area contributed by atoms with E-state index < -0.39 is 17.7 Å². The zero-order chi connectivity index (χ0) is 13.0. The molecule has 1 rings (SSSR count). The normalized spacial score (nSPS) is 10.0. The van der Waals surface area contributed by atoms with Gasteiger partial charge in [0.2, 0.25) is 5.91 Å². The van der Waals surface area contributed by atoms with E-state index >= 15 is 0 Å². The van der Waals surface area contributed by atoms with Crippen molar-refractivity contribution in [3.63, 3.8) is 0 Å². The molecule has 1 aromatic rings. The number of primary amides is 1. The van der Waals surface area contributed by atoms with Gasteiger partial charge in [0, 0.05) is 6.54 Å². The Morgan fingerprint density at radius 3 is 2.59 bits per heavy atom. The summed E-state index contributed by atoms with van der Waals surface area (Å²) in [7, 11) is 0. The molecule has 0 saturated carbocycles. The number of rotatable bonds is 5. The van der Waals surface area contributed by atoms with Crippen molar-refractivity contribution in [3.8, 4) is 0 Å². The first-order chi connectivity index (χ1) is 7.95. The molecular formula is C11H13FN2O3. The van der Waals surface area contributed by atoms with E-state index in [1.165, 1.54) is 11.0 Å². The van der Waals surface area contributed by atoms with Crippen LogP contribution in [0.3, 0.4) is 0 Å². The molecule has 0 radical (unpaired) electrons. The number of nitrogens with zero attached hydrogens (tertiary/aromatic N) is 1. The molecule has 1 amide bonds. The first-order valence-electron chi connectivity index (χ1n) is 5.01. The summed E-state index contributed by atoms with van der Waals surface area (Å²) in [6.07, 6.45) is 0. The maximum absolute atomic E-state index is 13.0. The van der Waals surface area contributed by atoms with Gasteiger partial charge in [-0.25, -0.2) is 9.18 Å². The minimum atomic E-state index is -1.25. The number of anilines is 1. The number of carbonyl (C=O) groups excluding carboxylic acids is 1. The summed E-state index contributed by atoms with van der Waals surface area (Å²) in [4.78, 5) is 23.3. The number of aromatic carboxylic acids is 1. The average Bonchev–Trinajstić information content (AvgIpc) is 2.25. The Balaban J connectivity index is 3.18. The maximum atomic E-state index is 13.0. The summed E-state index contributed by atoms with van der Waals surface area (Å²) in [5, 5.41) is 8.96. The van der Waals surface area contributed by atoms with Gasteiger partial charge in [0.1, 0.15) is 5.82 Å². The molecule has 0 aliphatic rings. The Morgan fingerprint density at radius 1 is 1.47 bits per heavy atom. The molecule has 0 unspecified atom stereocenters. The molecule has 92 valence electrons. The highest BCUT2D eigenvalue weighted by molar-refractivity contribution is 5.95. The third-order valence-corrected chi connectivity index (χ3v) is 2.26. The monoisotopic (exact) mass is 240 g/mol. The Morgan fingerprint density at radius 2 is 2.12 bits per heavy atom. The Hall–Kier alpha value is -2.11. The Bertz CT molecular complexity index is 448. The van der Waals surface area contributed by atoms with Crippen molar-refractivity contribution in [1.82, 2.24) is 0 Å². The molecule has 0 fully saturated rings. The van der Waals surface area contributed by atoms with Crippen LogP contribution in [0.25, 0.3) is 0 Å². The number of nitrogens with two attached hydrogens (primary N) is 1. The van der Waals surface area contributed by atoms with Gasteiger partial charge in [-0.3, -0.25) is 4.79 Å². The Kier molecular flexibility index (Phi) is 4.03. The lowest BCUT2D eigenvalue weighted by atomic mass is 10.1. The number of carboxylic acid groups (broad SMARTS) is 1. The van der Waals surface area contributed by atoms with Crippen LogP contribution in [0.2, 0.25) is 0 Å². The van der Waals surface area contributed by atoms with Crippen molar-refractivity contribution in [1.29, 1.82) is 0 Å². The van der Waals surface area contributed by atoms with Crippen LogP contribution >= 0.6 is 0 Å². The van der Waals surface area contributed by atoms with Crippen molar-refractivity contribution in [3.05, 3.63) is 29.6 Å². The lowest BCUT2D eigenvalue weighted by Gasteiger charge is -2.23. The predicted octanol–water partition coefficient (Wildman–Crippen LogP) is 0.835. The molecule has 1 aromatic carbocycles. The minimum Gasteiger partial charge on any atom is -0.478 e. The van der Waals surface area contributed by atoms with Gasteiger partial charge in [0.15, 0.2) is 0 Å². The highest BCUT2D eigenvalue weighted by atomic mass is 19.1. The standard InChI is InChI=1S/C11H13FN2O3/c1-2-14(6-10(13)15)9-4-3-7(12)5-8(9)11(16)17/h3-5H,2,6H2,1H3,(H2,13,15)(H,16,17). The topological polar surface area (TPSA) is 83.6 Å². The van der Waals surface area contributed by atoms with Crippen molar-refractivity contribution in [2.24, 2.45) is 5.73 Å². The van der Waals surface area contributed by atoms with E-state index in [2.05, 4.69) is 0 Å². The molecule has 0 spiro atoms. The van der Waals surface area contributed by atoms with Crippen LogP contribution in [0.5, 0.6) is 0 Å². The molecule has 6 heteroatoms. The van der Waals surface area contributed by atoms with Gasteiger partial charge in [0.05, 0.1) is 17.8 Å². The van der Waals surface area contributed by atoms with E-state index in [1.807, 2.05) is 0 Å². The van der Waals surface area contributed by atoms with Gasteiger partial charge in [-0.15, -0.1) is 0 Å². The molecule has 3 N–H and O–H groups in total. The van der Waals surface area contributed by atoms with Gasteiger partial charge < -0.3 is 15.7 Å². The van der Waals surface area contributed by atoms with Crippen LogP contribution in [-0.2, 0) is 4.79 Å². The highest BCUT2D eigenvalue weighted by Crippen LogP contribution is 2.21. The third-order valence-electron chi connectivity index (χ3n) is 2.26. The van der Waals surface area contributed by atoms with Crippen LogP contribution in [0, 0.1) is 5.82 Å². The van der Waals surface area contributed by atoms with E-state index in [1.54, 1.807) is 6.92 Å². The van der Waals surface area contributed by atoms with Crippen molar-refractivity contribution in [2.45, 2.75) is 6.92 Å². The number of carbonyl (C=O) groups is 2. The zero-order valence-corrected chi connectivity index (χ0v) is 9.31. The van der Waals surface area contributed by atoms with Crippen LogP contribution in [-0.4, -0.2) is 30.1 Å². The summed E-state index contributed by atoms with van der Waals surface area (Å²) in [5.74, 6) is -2.46. The first-order valence-corrected chi connectivity index (χ1v) is 5.01. The fraction of sp³-hybridized carbons (Fsp3) is 0.273. The first kappa shape index (κ1) is 13.0. The van der Waals surface area contributed by atoms with E-state index in [9.17, 15) is 14.0 Å². The largest absolute Gasteiger partial charge is 0.478 e. The van der Waals surface area contributed by atoms with Gasteiger partial charge in [-0.05, 0) is 25.1 Å². The van der Waals surface area contributed by atoms with E-state index in [4.69, 9.17) is 10.8 Å². The number of hydrogen-bond acceptors (Lipinski definition) is 3. The summed E-state index contributed by atoms with van der Waals surface area (Å²) in [5.41, 5.74) is 5.15. The highest BCUT2D eigenvalue weighted by Gasteiger charge is 2.17. The Labute approximate surface area is 97.6 Å². The quantitative estimate of drug-likeness (QED) is 0.798. The van der Waals surface area contributed by atoms with Crippen molar-refractivity contribution < 1.29 is 19.1 Å². The number of amides is 1. The second-order valence-electron chi connectivity index (χ2n) is 3.45. The lowest BCUT2D eigenvalue weighted by molar-refractivity contribution is -0.116. The molecule has 0 aliphatic heterocycles. The van der Waals surface area contributed by atoms with E-state index in [0.29, 0.717) is 6.54 Å². The third kappa shape index (κ3) is 3.17. The van der Waals surface area contributed by atoms with E-state index in [-0.39, 0.29) is 17.8 Å². The zero-order valence-electron chi connectivity index (χ0n) is 9.31. The second-order valence-corrected chi connectivity index (χ2v) is 3.45. The molecule has 0 bridgehead atoms. The van der Waals surface area contributed by atoms with Crippen LogP contribution in [0.15, 0.2) is 18.2 Å². The smallest absolute Gasteiger partial charge is 0.337 e. The summed E-state index contributed by atoms with van der Waals surface area (Å²) in [6.45, 7) is 2.04. The maximum Gasteiger partial charge on any atom is 0.337 e. The van der Waals surface area contributed by atoms with Gasteiger partial charge in [0.25, 0.3) is 0 Å². The van der Waals surface area contributed by atoms with E-state index in [0.717, 1.165) is 12.1 Å². The van der Waals surface area contributed by atoms with Crippen LogP contribution in [0.1, 0.15) is 17.3 Å². The number of likely N-dealkylation sites (N-methyl/N-ethyl adjacent to an activating group) is 1.